The molecule has 1 amide bonds. The molecule has 1 rings (SSSR count). The van der Waals surface area contributed by atoms with Crippen LogP contribution in [0.1, 0.15) is 63.2 Å². The minimum absolute atomic E-state index is 0.139. The van der Waals surface area contributed by atoms with Crippen LogP contribution in [0, 0.1) is 5.82 Å². The maximum Gasteiger partial charge on any atom is 0.255 e. The summed E-state index contributed by atoms with van der Waals surface area (Å²) in [6.07, 6.45) is 6.19. The molecule has 1 aromatic rings. The topological polar surface area (TPSA) is 54.0 Å². The molecule has 0 saturated carbocycles. The molecule has 21 heavy (non-hydrogen) atoms. The van der Waals surface area contributed by atoms with E-state index in [-0.39, 0.29) is 17.5 Å². The molecule has 4 nitrogen and oxygen atoms in total. The van der Waals surface area contributed by atoms with E-state index >= 15 is 0 Å². The Bertz CT molecular complexity index is 451. The van der Waals surface area contributed by atoms with E-state index in [9.17, 15) is 9.18 Å². The molecule has 0 aliphatic carbocycles. The molecule has 1 atom stereocenters. The fourth-order valence-corrected chi connectivity index (χ4v) is 2.27. The van der Waals surface area contributed by atoms with Gasteiger partial charge in [0.05, 0.1) is 11.8 Å². The number of pyridine rings is 1. The summed E-state index contributed by atoms with van der Waals surface area (Å²) >= 11 is 0. The highest BCUT2D eigenvalue weighted by Crippen LogP contribution is 2.15. The van der Waals surface area contributed by atoms with Gasteiger partial charge < -0.3 is 10.6 Å². The maximum atomic E-state index is 13.4. The van der Waals surface area contributed by atoms with Gasteiger partial charge in [0.2, 0.25) is 0 Å². The average molecular weight is 295 g/mol. The first kappa shape index (κ1) is 17.4. The standard InChI is InChI=1S/C16H26FN3O/c1-4-7-9-13(8-5-2)20-16(21)14-10-12(17)11-19-15(14)18-6-3/h10-11,13H,4-9H2,1-3H3,(H,18,19)(H,20,21). The number of nitrogens with zero attached hydrogens (tertiary/aromatic N) is 1. The van der Waals surface area contributed by atoms with Crippen LogP contribution in [-0.2, 0) is 0 Å². The molecule has 5 heteroatoms. The zero-order valence-electron chi connectivity index (χ0n) is 13.2. The fourth-order valence-electron chi connectivity index (χ4n) is 2.27. The highest BCUT2D eigenvalue weighted by atomic mass is 19.1. The van der Waals surface area contributed by atoms with Crippen molar-refractivity contribution >= 4 is 11.7 Å². The number of hydrogen-bond donors (Lipinski definition) is 2. The van der Waals surface area contributed by atoms with Gasteiger partial charge in [0.1, 0.15) is 11.6 Å². The number of carbonyl (C=O) groups is 1. The largest absolute Gasteiger partial charge is 0.370 e. The van der Waals surface area contributed by atoms with Crippen molar-refractivity contribution in [3.63, 3.8) is 0 Å². The lowest BCUT2D eigenvalue weighted by atomic mass is 10.0. The zero-order valence-corrected chi connectivity index (χ0v) is 13.2. The van der Waals surface area contributed by atoms with Crippen molar-refractivity contribution in [2.75, 3.05) is 11.9 Å². The lowest BCUT2D eigenvalue weighted by molar-refractivity contribution is 0.0932. The number of aromatic nitrogens is 1. The molecule has 0 spiro atoms. The van der Waals surface area contributed by atoms with E-state index in [0.29, 0.717) is 12.4 Å². The Balaban J connectivity index is 2.82. The molecule has 0 aliphatic heterocycles. The third-order valence-corrected chi connectivity index (χ3v) is 3.32. The molecule has 0 fully saturated rings. The third kappa shape index (κ3) is 5.69. The van der Waals surface area contributed by atoms with Gasteiger partial charge in [0.15, 0.2) is 0 Å². The predicted molar refractivity (Wildman–Crippen MR) is 84.0 cm³/mol. The highest BCUT2D eigenvalue weighted by molar-refractivity contribution is 5.98. The Kier molecular flexibility index (Phi) is 7.72. The van der Waals surface area contributed by atoms with Crippen molar-refractivity contribution < 1.29 is 9.18 Å². The summed E-state index contributed by atoms with van der Waals surface area (Å²) in [6, 6.07) is 1.38. The normalized spacial score (nSPS) is 12.0. The molecule has 0 bridgehead atoms. The van der Waals surface area contributed by atoms with E-state index in [2.05, 4.69) is 29.5 Å². The van der Waals surface area contributed by atoms with E-state index < -0.39 is 5.82 Å². The van der Waals surface area contributed by atoms with Crippen LogP contribution in [0.25, 0.3) is 0 Å². The van der Waals surface area contributed by atoms with Crippen molar-refractivity contribution in [1.29, 1.82) is 0 Å². The van der Waals surface area contributed by atoms with Crippen molar-refractivity contribution in [3.8, 4) is 0 Å². The summed E-state index contributed by atoms with van der Waals surface area (Å²) in [5.74, 6) is -0.322. The molecule has 2 N–H and O–H groups in total. The molecule has 118 valence electrons. The van der Waals surface area contributed by atoms with Gasteiger partial charge in [-0.05, 0) is 25.8 Å². The van der Waals surface area contributed by atoms with Crippen molar-refractivity contribution in [1.82, 2.24) is 10.3 Å². The van der Waals surface area contributed by atoms with Gasteiger partial charge in [-0.15, -0.1) is 0 Å². The maximum absolute atomic E-state index is 13.4. The minimum Gasteiger partial charge on any atom is -0.370 e. The van der Waals surface area contributed by atoms with Gasteiger partial charge in [-0.25, -0.2) is 9.37 Å². The van der Waals surface area contributed by atoms with Crippen molar-refractivity contribution in [2.24, 2.45) is 0 Å². The van der Waals surface area contributed by atoms with Gasteiger partial charge in [-0.1, -0.05) is 33.1 Å². The Morgan fingerprint density at radius 2 is 2.05 bits per heavy atom. The number of anilines is 1. The Hall–Kier alpha value is -1.65. The van der Waals surface area contributed by atoms with E-state index in [1.54, 1.807) is 0 Å². The Morgan fingerprint density at radius 1 is 1.29 bits per heavy atom. The van der Waals surface area contributed by atoms with Crippen LogP contribution in [-0.4, -0.2) is 23.5 Å². The molecular weight excluding hydrogens is 269 g/mol. The van der Waals surface area contributed by atoms with Crippen LogP contribution in [0.5, 0.6) is 0 Å². The second-order valence-electron chi connectivity index (χ2n) is 5.18. The fraction of sp³-hybridized carbons (Fsp3) is 0.625. The van der Waals surface area contributed by atoms with E-state index in [1.165, 1.54) is 6.07 Å². The Morgan fingerprint density at radius 3 is 2.67 bits per heavy atom. The number of amides is 1. The summed E-state index contributed by atoms with van der Waals surface area (Å²) in [6.45, 7) is 6.77. The summed E-state index contributed by atoms with van der Waals surface area (Å²) in [7, 11) is 0. The molecule has 1 unspecified atom stereocenters. The lowest BCUT2D eigenvalue weighted by Gasteiger charge is -2.19. The van der Waals surface area contributed by atoms with E-state index in [1.807, 2.05) is 6.92 Å². The van der Waals surface area contributed by atoms with Gasteiger partial charge in [0, 0.05) is 12.6 Å². The molecule has 0 aromatic carbocycles. The van der Waals surface area contributed by atoms with Crippen LogP contribution < -0.4 is 10.6 Å². The van der Waals surface area contributed by atoms with Crippen molar-refractivity contribution in [2.45, 2.75) is 58.9 Å². The van der Waals surface area contributed by atoms with Crippen LogP contribution in [0.15, 0.2) is 12.3 Å². The molecule has 0 radical (unpaired) electrons. The van der Waals surface area contributed by atoms with Crippen LogP contribution in [0.2, 0.25) is 0 Å². The minimum atomic E-state index is -0.498. The van der Waals surface area contributed by atoms with Crippen molar-refractivity contribution in [3.05, 3.63) is 23.6 Å². The number of nitrogens with one attached hydrogen (secondary N) is 2. The molecule has 0 aliphatic rings. The summed E-state index contributed by atoms with van der Waals surface area (Å²) < 4.78 is 13.4. The monoisotopic (exact) mass is 295 g/mol. The zero-order chi connectivity index (χ0) is 15.7. The van der Waals surface area contributed by atoms with Gasteiger partial charge in [-0.2, -0.15) is 0 Å². The van der Waals surface area contributed by atoms with E-state index in [4.69, 9.17) is 0 Å². The first-order valence-electron chi connectivity index (χ1n) is 7.82. The number of rotatable bonds is 9. The predicted octanol–water partition coefficient (Wildman–Crippen LogP) is 3.74. The first-order chi connectivity index (χ1) is 10.1. The highest BCUT2D eigenvalue weighted by Gasteiger charge is 2.17. The molecule has 1 aromatic heterocycles. The SMILES string of the molecule is CCCCC(CCC)NC(=O)c1cc(F)cnc1NCC. The smallest absolute Gasteiger partial charge is 0.255 e. The second-order valence-corrected chi connectivity index (χ2v) is 5.18. The van der Waals surface area contributed by atoms with Gasteiger partial charge >= 0.3 is 0 Å². The van der Waals surface area contributed by atoms with Crippen LogP contribution in [0.4, 0.5) is 10.2 Å². The number of unbranched alkanes of at least 4 members (excludes halogenated alkanes) is 1. The number of carbonyl (C=O) groups excluding carboxylic acids is 1. The quantitative estimate of drug-likeness (QED) is 0.729. The summed E-state index contributed by atoms with van der Waals surface area (Å²) in [5, 5.41) is 6.00. The van der Waals surface area contributed by atoms with Gasteiger partial charge in [0.25, 0.3) is 5.91 Å². The third-order valence-electron chi connectivity index (χ3n) is 3.32. The van der Waals surface area contributed by atoms with E-state index in [0.717, 1.165) is 38.3 Å². The summed E-state index contributed by atoms with van der Waals surface area (Å²) in [4.78, 5) is 16.3. The number of halogens is 1. The molecule has 0 saturated heterocycles. The molecule has 1 heterocycles. The Labute approximate surface area is 126 Å². The number of hydrogen-bond acceptors (Lipinski definition) is 3. The van der Waals surface area contributed by atoms with Crippen LogP contribution >= 0.6 is 0 Å². The van der Waals surface area contributed by atoms with Gasteiger partial charge in [-0.3, -0.25) is 4.79 Å². The second kappa shape index (κ2) is 9.32. The van der Waals surface area contributed by atoms with Crippen LogP contribution in [0.3, 0.4) is 0 Å². The first-order valence-corrected chi connectivity index (χ1v) is 7.82. The molecular formula is C16H26FN3O. The lowest BCUT2D eigenvalue weighted by Crippen LogP contribution is -2.35. The average Bonchev–Trinajstić information content (AvgIpc) is 2.47. The summed E-state index contributed by atoms with van der Waals surface area (Å²) in [5.41, 5.74) is 0.273.